The third-order valence-electron chi connectivity index (χ3n) is 2.35. The predicted molar refractivity (Wildman–Crippen MR) is 68.0 cm³/mol. The molecule has 0 saturated heterocycles. The zero-order valence-electron chi connectivity index (χ0n) is 8.92. The summed E-state index contributed by atoms with van der Waals surface area (Å²) >= 11 is 3.48. The number of imidazole rings is 1. The summed E-state index contributed by atoms with van der Waals surface area (Å²) in [4.78, 5) is 4.04. The standard InChI is InChI=1S/C11H11BrN4O/c12-9-4-2-1-3-8(9)7-16-6-5-14-11(16)10(13)15-17/h1-6,17H,7H2,(H2,13,15). The van der Waals surface area contributed by atoms with Gasteiger partial charge >= 0.3 is 0 Å². The van der Waals surface area contributed by atoms with E-state index in [-0.39, 0.29) is 5.84 Å². The summed E-state index contributed by atoms with van der Waals surface area (Å²) in [6.07, 6.45) is 3.40. The maximum atomic E-state index is 8.65. The first kappa shape index (κ1) is 11.7. The summed E-state index contributed by atoms with van der Waals surface area (Å²) in [5, 5.41) is 11.6. The fraction of sp³-hybridized carbons (Fsp3) is 0.0909. The van der Waals surface area contributed by atoms with Crippen molar-refractivity contribution in [3.05, 3.63) is 52.5 Å². The van der Waals surface area contributed by atoms with Crippen molar-refractivity contribution in [1.82, 2.24) is 9.55 Å². The lowest BCUT2D eigenvalue weighted by molar-refractivity contribution is 0.318. The summed E-state index contributed by atoms with van der Waals surface area (Å²) in [7, 11) is 0. The first-order valence-corrected chi connectivity index (χ1v) is 5.74. The molecular weight excluding hydrogens is 284 g/mol. The van der Waals surface area contributed by atoms with Crippen molar-refractivity contribution < 1.29 is 5.21 Å². The van der Waals surface area contributed by atoms with Crippen LogP contribution in [0.5, 0.6) is 0 Å². The van der Waals surface area contributed by atoms with E-state index in [0.717, 1.165) is 10.0 Å². The Balaban J connectivity index is 2.32. The average Bonchev–Trinajstić information content (AvgIpc) is 2.79. The third-order valence-corrected chi connectivity index (χ3v) is 3.12. The highest BCUT2D eigenvalue weighted by Crippen LogP contribution is 2.17. The van der Waals surface area contributed by atoms with Crippen LogP contribution in [-0.4, -0.2) is 20.6 Å². The summed E-state index contributed by atoms with van der Waals surface area (Å²) in [5.41, 5.74) is 6.63. The molecule has 0 saturated carbocycles. The molecule has 0 atom stereocenters. The first-order chi connectivity index (χ1) is 8.22. The molecule has 0 aliphatic rings. The van der Waals surface area contributed by atoms with Crippen LogP contribution in [0.3, 0.4) is 0 Å². The van der Waals surface area contributed by atoms with Crippen molar-refractivity contribution in [2.45, 2.75) is 6.54 Å². The Morgan fingerprint density at radius 3 is 2.94 bits per heavy atom. The number of benzene rings is 1. The molecule has 5 nitrogen and oxygen atoms in total. The lowest BCUT2D eigenvalue weighted by Crippen LogP contribution is -2.19. The van der Waals surface area contributed by atoms with Gasteiger partial charge in [-0.15, -0.1) is 0 Å². The van der Waals surface area contributed by atoms with Crippen LogP contribution in [0.25, 0.3) is 0 Å². The van der Waals surface area contributed by atoms with Crippen molar-refractivity contribution in [1.29, 1.82) is 0 Å². The van der Waals surface area contributed by atoms with Crippen LogP contribution in [0, 0.1) is 0 Å². The largest absolute Gasteiger partial charge is 0.409 e. The van der Waals surface area contributed by atoms with E-state index in [1.165, 1.54) is 0 Å². The summed E-state index contributed by atoms with van der Waals surface area (Å²) in [5.74, 6) is 0.449. The summed E-state index contributed by atoms with van der Waals surface area (Å²) in [6.45, 7) is 0.604. The van der Waals surface area contributed by atoms with Gasteiger partial charge in [0.1, 0.15) is 0 Å². The van der Waals surface area contributed by atoms with Gasteiger partial charge in [0.25, 0.3) is 0 Å². The third kappa shape index (κ3) is 2.47. The molecule has 88 valence electrons. The maximum Gasteiger partial charge on any atom is 0.206 e. The van der Waals surface area contributed by atoms with Gasteiger partial charge in [-0.2, -0.15) is 0 Å². The van der Waals surface area contributed by atoms with Crippen LogP contribution in [-0.2, 0) is 6.54 Å². The molecule has 0 bridgehead atoms. The fourth-order valence-corrected chi connectivity index (χ4v) is 1.94. The minimum absolute atomic E-state index is 0.00190. The number of aromatic nitrogens is 2. The maximum absolute atomic E-state index is 8.65. The van der Waals surface area contributed by atoms with Crippen molar-refractivity contribution in [3.8, 4) is 0 Å². The Kier molecular flexibility index (Phi) is 3.43. The second kappa shape index (κ2) is 5.01. The second-order valence-electron chi connectivity index (χ2n) is 3.46. The van der Waals surface area contributed by atoms with E-state index in [1.807, 2.05) is 28.8 Å². The van der Waals surface area contributed by atoms with Crippen LogP contribution in [0.15, 0.2) is 46.3 Å². The number of halogens is 1. The highest BCUT2D eigenvalue weighted by atomic mass is 79.9. The van der Waals surface area contributed by atoms with Gasteiger partial charge in [0, 0.05) is 16.9 Å². The van der Waals surface area contributed by atoms with Gasteiger partial charge < -0.3 is 15.5 Å². The van der Waals surface area contributed by atoms with Crippen molar-refractivity contribution in [3.63, 3.8) is 0 Å². The van der Waals surface area contributed by atoms with Gasteiger partial charge in [-0.25, -0.2) is 4.98 Å². The number of rotatable bonds is 3. The van der Waals surface area contributed by atoms with Crippen molar-refractivity contribution >= 4 is 21.8 Å². The smallest absolute Gasteiger partial charge is 0.206 e. The summed E-state index contributed by atoms with van der Waals surface area (Å²) in [6, 6.07) is 7.88. The number of hydrogen-bond acceptors (Lipinski definition) is 3. The van der Waals surface area contributed by atoms with Gasteiger partial charge in [-0.3, -0.25) is 0 Å². The number of hydrogen-bond donors (Lipinski definition) is 2. The van der Waals surface area contributed by atoms with Gasteiger partial charge in [-0.05, 0) is 11.6 Å². The molecule has 3 N–H and O–H groups in total. The molecule has 17 heavy (non-hydrogen) atoms. The van der Waals surface area contributed by atoms with Crippen molar-refractivity contribution in [2.24, 2.45) is 10.9 Å². The Labute approximate surface area is 107 Å². The second-order valence-corrected chi connectivity index (χ2v) is 4.31. The molecule has 0 spiro atoms. The van der Waals surface area contributed by atoms with Gasteiger partial charge in [0.05, 0.1) is 6.54 Å². The molecule has 0 radical (unpaired) electrons. The highest BCUT2D eigenvalue weighted by Gasteiger charge is 2.09. The fourth-order valence-electron chi connectivity index (χ4n) is 1.52. The van der Waals surface area contributed by atoms with E-state index in [2.05, 4.69) is 26.1 Å². The zero-order valence-corrected chi connectivity index (χ0v) is 10.5. The topological polar surface area (TPSA) is 76.4 Å². The molecule has 1 aromatic carbocycles. The number of nitrogens with zero attached hydrogens (tertiary/aromatic N) is 3. The molecule has 0 amide bonds. The van der Waals surface area contributed by atoms with Gasteiger partial charge in [0.2, 0.25) is 5.84 Å². The molecule has 6 heteroatoms. The van der Waals surface area contributed by atoms with E-state index in [4.69, 9.17) is 10.9 Å². The molecule has 0 unspecified atom stereocenters. The molecule has 0 fully saturated rings. The Hall–Kier alpha value is -1.82. The van der Waals surface area contributed by atoms with Crippen LogP contribution in [0.2, 0.25) is 0 Å². The minimum atomic E-state index is 0.00190. The lowest BCUT2D eigenvalue weighted by Gasteiger charge is -2.08. The molecule has 2 rings (SSSR count). The van der Waals surface area contributed by atoms with Crippen molar-refractivity contribution in [2.75, 3.05) is 0 Å². The quantitative estimate of drug-likeness (QED) is 0.392. The Bertz CT molecular complexity index is 550. The molecule has 1 aromatic heterocycles. The van der Waals surface area contributed by atoms with Crippen LogP contribution >= 0.6 is 15.9 Å². The van der Waals surface area contributed by atoms with E-state index in [1.54, 1.807) is 12.4 Å². The SMILES string of the molecule is NC(=NO)c1nccn1Cc1ccccc1Br. The van der Waals surface area contributed by atoms with E-state index < -0.39 is 0 Å². The lowest BCUT2D eigenvalue weighted by atomic mass is 10.2. The van der Waals surface area contributed by atoms with Gasteiger partial charge in [-0.1, -0.05) is 39.3 Å². The minimum Gasteiger partial charge on any atom is -0.409 e. The molecule has 0 aliphatic heterocycles. The number of oxime groups is 1. The molecule has 1 heterocycles. The van der Waals surface area contributed by atoms with E-state index in [0.29, 0.717) is 12.4 Å². The normalized spacial score (nSPS) is 11.7. The van der Waals surface area contributed by atoms with Gasteiger partial charge in [0.15, 0.2) is 5.82 Å². The predicted octanol–water partition coefficient (Wildman–Crippen LogP) is 1.79. The van der Waals surface area contributed by atoms with E-state index in [9.17, 15) is 0 Å². The Morgan fingerprint density at radius 1 is 1.47 bits per heavy atom. The Morgan fingerprint density at radius 2 is 2.24 bits per heavy atom. The average molecular weight is 295 g/mol. The monoisotopic (exact) mass is 294 g/mol. The first-order valence-electron chi connectivity index (χ1n) is 4.95. The van der Waals surface area contributed by atoms with Crippen LogP contribution < -0.4 is 5.73 Å². The number of nitrogens with two attached hydrogens (primary N) is 1. The molecular formula is C11H11BrN4O. The highest BCUT2D eigenvalue weighted by molar-refractivity contribution is 9.10. The molecule has 0 aliphatic carbocycles. The van der Waals surface area contributed by atoms with Crippen LogP contribution in [0.4, 0.5) is 0 Å². The van der Waals surface area contributed by atoms with Crippen LogP contribution in [0.1, 0.15) is 11.4 Å². The zero-order chi connectivity index (χ0) is 12.3. The number of amidine groups is 1. The molecule has 2 aromatic rings. The van der Waals surface area contributed by atoms with E-state index >= 15 is 0 Å². The summed E-state index contributed by atoms with van der Waals surface area (Å²) < 4.78 is 2.83.